The maximum absolute atomic E-state index is 13.7. The zero-order chi connectivity index (χ0) is 18.7. The third-order valence-corrected chi connectivity index (χ3v) is 4.45. The van der Waals surface area contributed by atoms with Crippen molar-refractivity contribution in [3.05, 3.63) is 68.9 Å². The zero-order valence-corrected chi connectivity index (χ0v) is 15.6. The molecule has 0 aliphatic rings. The molecule has 0 N–H and O–H groups in total. The number of esters is 1. The second kappa shape index (κ2) is 7.78. The van der Waals surface area contributed by atoms with E-state index >= 15 is 0 Å². The highest BCUT2D eigenvalue weighted by molar-refractivity contribution is 9.10. The predicted octanol–water partition coefficient (Wildman–Crippen LogP) is 3.99. The Hall–Kier alpha value is -2.54. The van der Waals surface area contributed by atoms with Crippen LogP contribution in [0.25, 0.3) is 10.9 Å². The molecule has 5 nitrogen and oxygen atoms in total. The van der Waals surface area contributed by atoms with Gasteiger partial charge in [0.2, 0.25) is 0 Å². The first-order chi connectivity index (χ1) is 12.5. The summed E-state index contributed by atoms with van der Waals surface area (Å²) in [5.41, 5.74) is 1.47. The van der Waals surface area contributed by atoms with Crippen LogP contribution in [-0.2, 0) is 11.3 Å². The van der Waals surface area contributed by atoms with Gasteiger partial charge < -0.3 is 4.74 Å². The van der Waals surface area contributed by atoms with E-state index in [0.29, 0.717) is 28.3 Å². The molecular formula is C19H16BrFN2O3. The summed E-state index contributed by atoms with van der Waals surface area (Å²) in [5, 5.41) is 0.548. The van der Waals surface area contributed by atoms with Gasteiger partial charge in [-0.1, -0.05) is 28.1 Å². The number of hydrogen-bond acceptors (Lipinski definition) is 4. The van der Waals surface area contributed by atoms with Crippen LogP contribution in [0.1, 0.15) is 18.4 Å². The van der Waals surface area contributed by atoms with Crippen molar-refractivity contribution in [1.29, 1.82) is 0 Å². The van der Waals surface area contributed by atoms with Gasteiger partial charge >= 0.3 is 5.97 Å². The maximum atomic E-state index is 13.7. The van der Waals surface area contributed by atoms with Crippen molar-refractivity contribution in [1.82, 2.24) is 9.55 Å². The molecule has 0 atom stereocenters. The normalized spacial score (nSPS) is 10.9. The van der Waals surface area contributed by atoms with Gasteiger partial charge in [-0.25, -0.2) is 9.37 Å². The number of carbonyl (C=O) groups excluding carboxylic acids is 1. The molecule has 0 unspecified atom stereocenters. The van der Waals surface area contributed by atoms with Gasteiger partial charge in [0.15, 0.2) is 11.6 Å². The minimum atomic E-state index is -0.613. The number of rotatable bonds is 5. The molecule has 7 heteroatoms. The molecule has 3 aromatic rings. The topological polar surface area (TPSA) is 61.2 Å². The van der Waals surface area contributed by atoms with Gasteiger partial charge in [-0.15, -0.1) is 0 Å². The number of fused-ring (bicyclic) bond motifs is 1. The molecule has 0 radical (unpaired) electrons. The number of carbonyl (C=O) groups is 1. The molecule has 0 aliphatic heterocycles. The van der Waals surface area contributed by atoms with E-state index in [-0.39, 0.29) is 17.7 Å². The van der Waals surface area contributed by atoms with E-state index in [1.54, 1.807) is 12.1 Å². The first-order valence-electron chi connectivity index (χ1n) is 8.06. The van der Waals surface area contributed by atoms with Crippen LogP contribution >= 0.6 is 15.9 Å². The third kappa shape index (κ3) is 3.99. The van der Waals surface area contributed by atoms with Crippen molar-refractivity contribution in [3.8, 4) is 5.75 Å². The minimum absolute atomic E-state index is 0.0633. The van der Waals surface area contributed by atoms with E-state index in [2.05, 4.69) is 20.9 Å². The molecule has 0 fully saturated rings. The van der Waals surface area contributed by atoms with Gasteiger partial charge in [-0.05, 0) is 43.2 Å². The molecule has 1 heterocycles. The highest BCUT2D eigenvalue weighted by Gasteiger charge is 2.11. The highest BCUT2D eigenvalue weighted by Crippen LogP contribution is 2.22. The summed E-state index contributed by atoms with van der Waals surface area (Å²) in [4.78, 5) is 28.7. The number of hydrogen-bond donors (Lipinski definition) is 0. The molecule has 134 valence electrons. The largest absolute Gasteiger partial charge is 0.423 e. The lowest BCUT2D eigenvalue weighted by atomic mass is 10.1. The van der Waals surface area contributed by atoms with Crippen LogP contribution in [0.4, 0.5) is 4.39 Å². The van der Waals surface area contributed by atoms with Crippen LogP contribution in [0, 0.1) is 12.7 Å². The van der Waals surface area contributed by atoms with E-state index < -0.39 is 11.8 Å². The van der Waals surface area contributed by atoms with Crippen molar-refractivity contribution in [3.63, 3.8) is 0 Å². The molecule has 0 aliphatic carbocycles. The highest BCUT2D eigenvalue weighted by atomic mass is 79.9. The van der Waals surface area contributed by atoms with Gasteiger partial charge in [0, 0.05) is 17.4 Å². The van der Waals surface area contributed by atoms with Crippen LogP contribution in [0.3, 0.4) is 0 Å². The van der Waals surface area contributed by atoms with Crippen LogP contribution in [0.5, 0.6) is 5.75 Å². The average Bonchev–Trinajstić information content (AvgIpc) is 2.60. The van der Waals surface area contributed by atoms with Crippen molar-refractivity contribution in [2.75, 3.05) is 0 Å². The van der Waals surface area contributed by atoms with Crippen molar-refractivity contribution in [2.24, 2.45) is 0 Å². The number of ether oxygens (including phenoxy) is 1. The van der Waals surface area contributed by atoms with Gasteiger partial charge in [0.05, 0.1) is 17.2 Å². The van der Waals surface area contributed by atoms with Gasteiger partial charge in [0.1, 0.15) is 0 Å². The smallest absolute Gasteiger partial charge is 0.311 e. The second-order valence-electron chi connectivity index (χ2n) is 5.87. The minimum Gasteiger partial charge on any atom is -0.423 e. The Morgan fingerprint density at radius 2 is 2.12 bits per heavy atom. The Labute approximate surface area is 157 Å². The average molecular weight is 419 g/mol. The molecule has 1 aromatic heterocycles. The summed E-state index contributed by atoms with van der Waals surface area (Å²) >= 11 is 3.14. The standard InChI is InChI=1S/C19H16BrFN2O3/c1-12-4-2-5-14-18(12)22-11-23(19(14)25)9-3-6-17(24)26-16-8-7-13(20)10-15(16)21/h2,4-5,7-8,10-11H,3,6,9H2,1H3. The molecule has 0 amide bonds. The predicted molar refractivity (Wildman–Crippen MR) is 99.7 cm³/mol. The Balaban J connectivity index is 1.63. The summed E-state index contributed by atoms with van der Waals surface area (Å²) in [6.45, 7) is 2.23. The van der Waals surface area contributed by atoms with E-state index in [1.807, 2.05) is 19.1 Å². The summed E-state index contributed by atoms with van der Waals surface area (Å²) in [6.07, 6.45) is 1.93. The molecule has 2 aromatic carbocycles. The summed E-state index contributed by atoms with van der Waals surface area (Å²) in [5.74, 6) is -1.28. The summed E-state index contributed by atoms with van der Waals surface area (Å²) < 4.78 is 20.7. The number of aryl methyl sites for hydroxylation is 2. The summed E-state index contributed by atoms with van der Waals surface area (Å²) in [6, 6.07) is 9.65. The van der Waals surface area contributed by atoms with E-state index in [9.17, 15) is 14.0 Å². The van der Waals surface area contributed by atoms with Crippen molar-refractivity contribution >= 4 is 32.8 Å². The number of benzene rings is 2. The number of para-hydroxylation sites is 1. The quantitative estimate of drug-likeness (QED) is 0.464. The van der Waals surface area contributed by atoms with Crippen LogP contribution < -0.4 is 10.3 Å². The summed E-state index contributed by atoms with van der Waals surface area (Å²) in [7, 11) is 0. The van der Waals surface area contributed by atoms with Gasteiger partial charge in [0.25, 0.3) is 5.56 Å². The fourth-order valence-electron chi connectivity index (χ4n) is 2.62. The maximum Gasteiger partial charge on any atom is 0.311 e. The van der Waals surface area contributed by atoms with Gasteiger partial charge in [-0.3, -0.25) is 14.2 Å². The Bertz CT molecular complexity index is 1030. The number of nitrogens with zero attached hydrogens (tertiary/aromatic N) is 2. The molecule has 26 heavy (non-hydrogen) atoms. The monoisotopic (exact) mass is 418 g/mol. The van der Waals surface area contributed by atoms with Crippen LogP contribution in [0.2, 0.25) is 0 Å². The SMILES string of the molecule is Cc1cccc2c(=O)n(CCCC(=O)Oc3ccc(Br)cc3F)cnc12. The van der Waals surface area contributed by atoms with E-state index in [1.165, 1.54) is 23.0 Å². The molecule has 0 saturated heterocycles. The zero-order valence-electron chi connectivity index (χ0n) is 14.0. The van der Waals surface area contributed by atoms with E-state index in [4.69, 9.17) is 4.74 Å². The van der Waals surface area contributed by atoms with E-state index in [0.717, 1.165) is 5.56 Å². The van der Waals surface area contributed by atoms with Crippen molar-refractivity contribution in [2.45, 2.75) is 26.3 Å². The molecule has 0 saturated carbocycles. The molecule has 0 bridgehead atoms. The lowest BCUT2D eigenvalue weighted by Gasteiger charge is -2.08. The number of halogens is 2. The van der Waals surface area contributed by atoms with Gasteiger partial charge in [-0.2, -0.15) is 0 Å². The fourth-order valence-corrected chi connectivity index (χ4v) is 2.96. The molecular weight excluding hydrogens is 403 g/mol. The third-order valence-electron chi connectivity index (χ3n) is 3.95. The van der Waals surface area contributed by atoms with Crippen LogP contribution in [0.15, 0.2) is 52.0 Å². The van der Waals surface area contributed by atoms with Crippen molar-refractivity contribution < 1.29 is 13.9 Å². The number of aromatic nitrogens is 2. The first-order valence-corrected chi connectivity index (χ1v) is 8.85. The Morgan fingerprint density at radius 3 is 2.88 bits per heavy atom. The molecule has 3 rings (SSSR count). The first kappa shape index (κ1) is 18.3. The molecule has 0 spiro atoms. The lowest BCUT2D eigenvalue weighted by molar-refractivity contribution is -0.134. The second-order valence-corrected chi connectivity index (χ2v) is 6.78. The fraction of sp³-hybridized carbons (Fsp3) is 0.211. The Morgan fingerprint density at radius 1 is 1.31 bits per heavy atom. The Kier molecular flexibility index (Phi) is 5.46. The lowest BCUT2D eigenvalue weighted by Crippen LogP contribution is -2.21. The van der Waals surface area contributed by atoms with Crippen LogP contribution in [-0.4, -0.2) is 15.5 Å².